The Hall–Kier alpha value is -4.40. The van der Waals surface area contributed by atoms with Crippen LogP contribution in [-0.2, 0) is 22.4 Å². The Bertz CT molecular complexity index is 1270. The normalized spacial score (nSPS) is 17.1. The molecule has 3 aromatic carbocycles. The zero-order valence-corrected chi connectivity index (χ0v) is 18.2. The van der Waals surface area contributed by atoms with Crippen molar-refractivity contribution >= 4 is 11.9 Å². The Kier molecular flexibility index (Phi) is 5.93. The van der Waals surface area contributed by atoms with E-state index in [2.05, 4.69) is 0 Å². The maximum absolute atomic E-state index is 13.7. The highest BCUT2D eigenvalue weighted by atomic mass is 16.5. The van der Waals surface area contributed by atoms with Gasteiger partial charge in [0, 0.05) is 12.0 Å². The van der Waals surface area contributed by atoms with Gasteiger partial charge in [0.05, 0.1) is 13.2 Å². The summed E-state index contributed by atoms with van der Waals surface area (Å²) >= 11 is 0. The minimum atomic E-state index is -1.06. The Morgan fingerprint density at radius 3 is 2.29 bits per heavy atom. The van der Waals surface area contributed by atoms with Crippen molar-refractivity contribution in [2.45, 2.75) is 24.9 Å². The van der Waals surface area contributed by atoms with Crippen molar-refractivity contribution in [1.82, 2.24) is 4.90 Å². The van der Waals surface area contributed by atoms with Crippen molar-refractivity contribution in [2.75, 3.05) is 7.11 Å². The van der Waals surface area contributed by atoms with E-state index in [0.29, 0.717) is 16.7 Å². The maximum Gasteiger partial charge on any atom is 0.328 e. The molecular weight excluding hydrogens is 442 g/mol. The number of carbonyl (C=O) groups is 2. The maximum atomic E-state index is 13.7. The minimum Gasteiger partial charge on any atom is -0.508 e. The van der Waals surface area contributed by atoms with Gasteiger partial charge in [0.1, 0.15) is 11.8 Å². The van der Waals surface area contributed by atoms with Crippen LogP contribution in [-0.4, -0.2) is 55.5 Å². The smallest absolute Gasteiger partial charge is 0.328 e. The van der Waals surface area contributed by atoms with Crippen LogP contribution in [0.15, 0.2) is 54.6 Å². The first-order valence-corrected chi connectivity index (χ1v) is 10.4. The summed E-state index contributed by atoms with van der Waals surface area (Å²) in [6, 6.07) is 10.7. The molecule has 176 valence electrons. The molecule has 5 N–H and O–H groups in total. The van der Waals surface area contributed by atoms with E-state index in [1.807, 2.05) is 0 Å². The number of hydrogen-bond acceptors (Lipinski definition) is 8. The number of methoxy groups -OCH3 is 1. The van der Waals surface area contributed by atoms with Crippen LogP contribution in [0, 0.1) is 0 Å². The van der Waals surface area contributed by atoms with Gasteiger partial charge in [-0.2, -0.15) is 0 Å². The van der Waals surface area contributed by atoms with Crippen molar-refractivity contribution in [3.63, 3.8) is 0 Å². The number of ether oxygens (including phenoxy) is 1. The fraction of sp³-hybridized carbons (Fsp3) is 0.200. The van der Waals surface area contributed by atoms with Crippen LogP contribution in [0.1, 0.15) is 33.1 Å². The van der Waals surface area contributed by atoms with Gasteiger partial charge < -0.3 is 35.2 Å². The molecule has 1 aliphatic heterocycles. The number of phenols is 5. The van der Waals surface area contributed by atoms with E-state index >= 15 is 0 Å². The third-order valence-electron chi connectivity index (χ3n) is 5.95. The summed E-state index contributed by atoms with van der Waals surface area (Å²) in [7, 11) is 1.20. The average Bonchev–Trinajstić information content (AvgIpc) is 2.81. The van der Waals surface area contributed by atoms with Crippen LogP contribution in [0.4, 0.5) is 0 Å². The average molecular weight is 465 g/mol. The lowest BCUT2D eigenvalue weighted by molar-refractivity contribution is -0.147. The fourth-order valence-electron chi connectivity index (χ4n) is 4.33. The number of carbonyl (C=O) groups excluding carboxylic acids is 2. The standard InChI is InChI=1S/C25H23NO8/c1-34-25(33)19-10-15-11-22(30)23(31)12-17(15)18(7-13-5-6-20(28)21(29)8-13)26(19)24(32)14-3-2-4-16(27)9-14/h2-6,8-9,11-12,18-19,27-31H,7,10H2,1H3/t18-,19-/m0/s1. The Balaban J connectivity index is 1.89. The second kappa shape index (κ2) is 8.86. The number of amides is 1. The molecule has 9 heteroatoms. The Morgan fingerprint density at radius 2 is 1.62 bits per heavy atom. The molecule has 2 atom stereocenters. The number of benzene rings is 3. The first-order valence-electron chi connectivity index (χ1n) is 10.4. The molecule has 1 amide bonds. The molecular formula is C25H23NO8. The van der Waals surface area contributed by atoms with E-state index < -0.39 is 29.7 Å². The second-order valence-corrected chi connectivity index (χ2v) is 8.09. The monoisotopic (exact) mass is 465 g/mol. The van der Waals surface area contributed by atoms with Gasteiger partial charge in [-0.3, -0.25) is 4.79 Å². The third-order valence-corrected chi connectivity index (χ3v) is 5.95. The van der Waals surface area contributed by atoms with Crippen molar-refractivity contribution in [2.24, 2.45) is 0 Å². The number of hydrogen-bond donors (Lipinski definition) is 5. The highest BCUT2D eigenvalue weighted by Crippen LogP contribution is 2.42. The molecule has 0 aromatic heterocycles. The van der Waals surface area contributed by atoms with Gasteiger partial charge in [-0.25, -0.2) is 4.79 Å². The lowest BCUT2D eigenvalue weighted by Crippen LogP contribution is -2.52. The quantitative estimate of drug-likeness (QED) is 0.292. The number of nitrogens with zero attached hydrogens (tertiary/aromatic N) is 1. The summed E-state index contributed by atoms with van der Waals surface area (Å²) in [5.74, 6) is -2.77. The predicted octanol–water partition coefficient (Wildman–Crippen LogP) is 2.74. The molecule has 1 heterocycles. The van der Waals surface area contributed by atoms with Gasteiger partial charge in [-0.1, -0.05) is 12.1 Å². The van der Waals surface area contributed by atoms with Gasteiger partial charge in [-0.15, -0.1) is 0 Å². The molecule has 0 saturated carbocycles. The molecule has 0 aliphatic carbocycles. The van der Waals surface area contributed by atoms with E-state index in [9.17, 15) is 35.1 Å². The summed E-state index contributed by atoms with van der Waals surface area (Å²) in [5, 5.41) is 49.8. The number of phenolic OH excluding ortho intramolecular Hbond substituents is 5. The predicted molar refractivity (Wildman–Crippen MR) is 120 cm³/mol. The molecule has 0 fully saturated rings. The van der Waals surface area contributed by atoms with Crippen molar-refractivity contribution in [3.05, 3.63) is 76.9 Å². The van der Waals surface area contributed by atoms with Crippen molar-refractivity contribution in [1.29, 1.82) is 0 Å². The molecule has 0 spiro atoms. The van der Waals surface area contributed by atoms with E-state index in [1.165, 1.54) is 60.5 Å². The molecule has 0 bridgehead atoms. The molecule has 0 saturated heterocycles. The SMILES string of the molecule is COC(=O)[C@@H]1Cc2cc(O)c(O)cc2[C@H](Cc2ccc(O)c(O)c2)N1C(=O)c1cccc(O)c1. The van der Waals surface area contributed by atoms with Gasteiger partial charge in [0.15, 0.2) is 23.0 Å². The summed E-state index contributed by atoms with van der Waals surface area (Å²) in [5.41, 5.74) is 1.71. The van der Waals surface area contributed by atoms with Crippen molar-refractivity contribution in [3.8, 4) is 28.7 Å². The van der Waals surface area contributed by atoms with Gasteiger partial charge >= 0.3 is 5.97 Å². The van der Waals surface area contributed by atoms with Crippen LogP contribution in [0.3, 0.4) is 0 Å². The van der Waals surface area contributed by atoms with Gasteiger partial charge in [-0.05, 0) is 65.6 Å². The van der Waals surface area contributed by atoms with Crippen LogP contribution in [0.25, 0.3) is 0 Å². The highest BCUT2D eigenvalue weighted by molar-refractivity contribution is 5.98. The molecule has 9 nitrogen and oxygen atoms in total. The number of fused-ring (bicyclic) bond motifs is 1. The minimum absolute atomic E-state index is 0.0255. The van der Waals surface area contributed by atoms with E-state index in [1.54, 1.807) is 6.07 Å². The molecule has 0 radical (unpaired) electrons. The number of aromatic hydroxyl groups is 5. The van der Waals surface area contributed by atoms with E-state index in [-0.39, 0.29) is 41.4 Å². The lowest BCUT2D eigenvalue weighted by atomic mass is 9.84. The summed E-state index contributed by atoms with van der Waals surface area (Å²) in [6.07, 6.45) is 0.126. The third kappa shape index (κ3) is 4.15. The summed E-state index contributed by atoms with van der Waals surface area (Å²) in [6.45, 7) is 0. The molecule has 0 unspecified atom stereocenters. The summed E-state index contributed by atoms with van der Waals surface area (Å²) < 4.78 is 4.96. The van der Waals surface area contributed by atoms with Crippen LogP contribution in [0.2, 0.25) is 0 Å². The van der Waals surface area contributed by atoms with E-state index in [4.69, 9.17) is 4.74 Å². The van der Waals surface area contributed by atoms with Crippen LogP contribution < -0.4 is 0 Å². The first-order chi connectivity index (χ1) is 16.2. The molecule has 1 aliphatic rings. The number of esters is 1. The van der Waals surface area contributed by atoms with Gasteiger partial charge in [0.25, 0.3) is 5.91 Å². The van der Waals surface area contributed by atoms with Crippen LogP contribution >= 0.6 is 0 Å². The largest absolute Gasteiger partial charge is 0.508 e. The highest BCUT2D eigenvalue weighted by Gasteiger charge is 2.42. The molecule has 34 heavy (non-hydrogen) atoms. The first kappa shape index (κ1) is 22.8. The topological polar surface area (TPSA) is 148 Å². The van der Waals surface area contributed by atoms with E-state index in [0.717, 1.165) is 0 Å². The Labute approximate surface area is 194 Å². The Morgan fingerprint density at radius 1 is 0.912 bits per heavy atom. The van der Waals surface area contributed by atoms with Crippen LogP contribution in [0.5, 0.6) is 28.7 Å². The zero-order chi connectivity index (χ0) is 24.6. The number of rotatable bonds is 4. The molecule has 3 aromatic rings. The van der Waals surface area contributed by atoms with Crippen molar-refractivity contribution < 1.29 is 39.9 Å². The molecule has 4 rings (SSSR count). The fourth-order valence-corrected chi connectivity index (χ4v) is 4.33. The summed E-state index contributed by atoms with van der Waals surface area (Å²) in [4.78, 5) is 27.8. The second-order valence-electron chi connectivity index (χ2n) is 8.09. The van der Waals surface area contributed by atoms with Gasteiger partial charge in [0.2, 0.25) is 0 Å². The lowest BCUT2D eigenvalue weighted by Gasteiger charge is -2.42. The zero-order valence-electron chi connectivity index (χ0n) is 18.2.